The molecule has 0 N–H and O–H groups in total. The van der Waals surface area contributed by atoms with Crippen LogP contribution in [-0.2, 0) is 14.4 Å². The summed E-state index contributed by atoms with van der Waals surface area (Å²) in [5.41, 5.74) is -1.17. The Hall–Kier alpha value is -4.12. The minimum absolute atomic E-state index is 0. The van der Waals surface area contributed by atoms with Gasteiger partial charge in [0, 0.05) is 77.4 Å². The first-order valence-electron chi connectivity index (χ1n) is 16.8. The number of allylic oxidation sites excluding steroid dienone is 6. The Morgan fingerprint density at radius 3 is 1.05 bits per heavy atom. The third kappa shape index (κ3) is 23.7. The first-order chi connectivity index (χ1) is 27.9. The summed E-state index contributed by atoms with van der Waals surface area (Å²) in [6.07, 6.45) is -27.2. The molecule has 30 heteroatoms. The number of ketones is 3. The molecule has 0 atom stereocenters. The van der Waals surface area contributed by atoms with Crippen LogP contribution in [0.3, 0.4) is 0 Å². The second-order valence-corrected chi connectivity index (χ2v) is 12.9. The fourth-order valence-electron chi connectivity index (χ4n) is 3.34. The predicted molar refractivity (Wildman–Crippen MR) is 174 cm³/mol. The minimum Gasteiger partial charge on any atom is -0.869 e. The standard InChI is InChI=1S/C12H16N3O2.C7H16.3C5H2F6O2.Tb/c1-11(2)12(3,4)15(17)10(14(11)16)9-7-5-6-8-13-9;1-3-5-7-6-4-2;3*6-4(7,8)2(12)1-3(13)5(9,10)11;/h5-8H,1-4H3;3-7H2,1-2H3;3*1,12H;/q+1;;;;;/p-3/b;;3*2-1-;. The van der Waals surface area contributed by atoms with Crippen LogP contribution in [-0.4, -0.2) is 85.8 Å². The summed E-state index contributed by atoms with van der Waals surface area (Å²) >= 11 is 0. The molecular weight excluding hydrogens is 1080 g/mol. The number of aromatic nitrogens is 1. The Labute approximate surface area is 381 Å². The number of unbranched alkanes of at least 4 members (excludes halogenated alkanes) is 4. The smallest absolute Gasteiger partial charge is 0.523 e. The van der Waals surface area contributed by atoms with Gasteiger partial charge in [0.2, 0.25) is 11.2 Å². The number of amidine groups is 1. The van der Waals surface area contributed by atoms with E-state index in [9.17, 15) is 119 Å². The van der Waals surface area contributed by atoms with Gasteiger partial charge >= 0.3 is 42.9 Å². The van der Waals surface area contributed by atoms with Gasteiger partial charge in [-0.2, -0.15) is 79.0 Å². The zero-order valence-corrected chi connectivity index (χ0v) is 35.5. The molecule has 11 nitrogen and oxygen atoms in total. The van der Waals surface area contributed by atoms with Gasteiger partial charge in [-0.1, -0.05) is 52.0 Å². The normalized spacial score (nSPS) is 15.7. The SMILES string of the molecule is CC1(C)[N+](=O)C(c2ccccn2)=[N+]([O-])C1(C)C.CCCCCCC.O=C(/C=C(\[O-])C(F)(F)F)C(F)(F)F.O=C(/C=C(\[O-])C(F)(F)F)C(F)(F)F.O=C(/C=C(\[O-])C(F)(F)F)C(F)(F)F.[Tb]. The maximum Gasteiger partial charge on any atom is 0.523 e. The van der Waals surface area contributed by atoms with E-state index in [1.165, 1.54) is 32.1 Å². The van der Waals surface area contributed by atoms with Crippen LogP contribution in [0.4, 0.5) is 79.0 Å². The van der Waals surface area contributed by atoms with E-state index in [0.717, 1.165) is 9.50 Å². The van der Waals surface area contributed by atoms with E-state index in [1.54, 1.807) is 52.1 Å². The summed E-state index contributed by atoms with van der Waals surface area (Å²) in [6, 6.07) is 5.18. The van der Waals surface area contributed by atoms with Crippen LogP contribution in [0, 0.1) is 48.7 Å². The minimum atomic E-state index is -5.46. The Kier molecular flexibility index (Phi) is 27.1. The van der Waals surface area contributed by atoms with Gasteiger partial charge in [-0.3, -0.25) is 14.4 Å². The van der Waals surface area contributed by atoms with Crippen molar-refractivity contribution in [1.82, 2.24) is 4.98 Å². The number of carbonyl (C=O) groups is 3. The van der Waals surface area contributed by atoms with Crippen LogP contribution in [0.1, 0.15) is 79.3 Å². The third-order valence-corrected chi connectivity index (χ3v) is 7.46. The first-order valence-corrected chi connectivity index (χ1v) is 16.8. The van der Waals surface area contributed by atoms with Gasteiger partial charge in [-0.15, -0.1) is 4.74 Å². The molecule has 0 amide bonds. The Morgan fingerprint density at radius 2 is 0.859 bits per heavy atom. The maximum atomic E-state index is 12.3. The summed E-state index contributed by atoms with van der Waals surface area (Å²) in [5.74, 6) is -16.9. The zero-order valence-electron chi connectivity index (χ0n) is 33.3. The fraction of sp³-hybridized carbons (Fsp3) is 0.559. The largest absolute Gasteiger partial charge is 0.869 e. The average molecular weight is 1110 g/mol. The number of nitroso groups, excluding NO2 is 1. The monoisotopic (exact) mass is 1110 g/mol. The van der Waals surface area contributed by atoms with Crippen molar-refractivity contribution in [3.63, 3.8) is 0 Å². The molecule has 1 aromatic rings. The van der Waals surface area contributed by atoms with Crippen LogP contribution < -0.4 is 15.3 Å². The Balaban J connectivity index is -0.000000358. The summed E-state index contributed by atoms with van der Waals surface area (Å²) < 4.78 is 205. The van der Waals surface area contributed by atoms with Crippen LogP contribution in [0.15, 0.2) is 59.9 Å². The molecule has 2 heterocycles. The molecule has 0 unspecified atom stereocenters. The molecule has 0 saturated heterocycles. The van der Waals surface area contributed by atoms with Crippen LogP contribution in [0.25, 0.3) is 0 Å². The van der Waals surface area contributed by atoms with Gasteiger partial charge in [-0.05, 0) is 47.6 Å². The molecule has 64 heavy (non-hydrogen) atoms. The van der Waals surface area contributed by atoms with E-state index in [2.05, 4.69) is 18.8 Å². The van der Waals surface area contributed by atoms with E-state index in [0.29, 0.717) is 5.69 Å². The molecule has 1 radical (unpaired) electrons. The molecule has 0 fully saturated rings. The van der Waals surface area contributed by atoms with E-state index >= 15 is 0 Å². The molecular formula is C34H35F18N3O8Tb-2. The quantitative estimate of drug-likeness (QED) is 0.0639. The molecule has 0 aromatic carbocycles. The number of hydrogen-bond donors (Lipinski definition) is 0. The number of nitrogens with zero attached hydrogens (tertiary/aromatic N) is 3. The first kappa shape index (κ1) is 66.5. The van der Waals surface area contributed by atoms with Gasteiger partial charge in [0.25, 0.3) is 22.9 Å². The van der Waals surface area contributed by atoms with Gasteiger partial charge in [0.15, 0.2) is 0 Å². The summed E-state index contributed by atoms with van der Waals surface area (Å²) in [5, 5.41) is 41.7. The van der Waals surface area contributed by atoms with E-state index in [-0.39, 0.29) is 44.4 Å². The predicted octanol–water partition coefficient (Wildman–Crippen LogP) is 7.44. The molecule has 371 valence electrons. The van der Waals surface area contributed by atoms with Gasteiger partial charge < -0.3 is 20.5 Å². The Morgan fingerprint density at radius 1 is 0.562 bits per heavy atom. The van der Waals surface area contributed by atoms with Crippen molar-refractivity contribution >= 4 is 23.2 Å². The van der Waals surface area contributed by atoms with Crippen LogP contribution >= 0.6 is 0 Å². The van der Waals surface area contributed by atoms with Crippen molar-refractivity contribution < 1.29 is 157 Å². The van der Waals surface area contributed by atoms with Crippen molar-refractivity contribution in [3.05, 3.63) is 75.7 Å². The average Bonchev–Trinajstić information content (AvgIpc) is 3.22. The zero-order chi connectivity index (χ0) is 51.0. The number of hydrogen-bond acceptors (Lipinski definition) is 9. The molecule has 1 aromatic heterocycles. The molecule has 1 aliphatic rings. The second-order valence-electron chi connectivity index (χ2n) is 12.9. The maximum absolute atomic E-state index is 12.3. The Bertz CT molecular complexity index is 1680. The van der Waals surface area contributed by atoms with E-state index < -0.39 is 101 Å². The van der Waals surface area contributed by atoms with E-state index in [4.69, 9.17) is 0 Å². The fourth-order valence-corrected chi connectivity index (χ4v) is 3.34. The van der Waals surface area contributed by atoms with Crippen molar-refractivity contribution in [3.8, 4) is 0 Å². The molecule has 0 aliphatic carbocycles. The number of halogens is 18. The molecule has 2 rings (SSSR count). The van der Waals surface area contributed by atoms with Crippen LogP contribution in [0.2, 0.25) is 0 Å². The number of pyridine rings is 1. The topological polar surface area (TPSA) is 179 Å². The van der Waals surface area contributed by atoms with Crippen LogP contribution in [0.5, 0.6) is 0 Å². The third-order valence-electron chi connectivity index (χ3n) is 7.46. The van der Waals surface area contributed by atoms with Crippen molar-refractivity contribution in [2.24, 2.45) is 0 Å². The molecule has 0 bridgehead atoms. The van der Waals surface area contributed by atoms with Gasteiger partial charge in [0.05, 0.1) is 0 Å². The molecule has 0 saturated carbocycles. The summed E-state index contributed by atoms with van der Waals surface area (Å²) in [4.78, 5) is 45.8. The number of alkyl halides is 18. The van der Waals surface area contributed by atoms with Gasteiger partial charge in [0.1, 0.15) is 4.76 Å². The number of carbonyl (C=O) groups excluding carboxylic acids is 3. The summed E-state index contributed by atoms with van der Waals surface area (Å²) in [7, 11) is 0. The second kappa shape index (κ2) is 26.1. The molecule has 1 aliphatic heterocycles. The van der Waals surface area contributed by atoms with Crippen molar-refractivity contribution in [1.29, 1.82) is 0 Å². The van der Waals surface area contributed by atoms with Crippen molar-refractivity contribution in [2.75, 3.05) is 0 Å². The van der Waals surface area contributed by atoms with E-state index in [1.807, 2.05) is 0 Å². The molecule has 0 spiro atoms. The van der Waals surface area contributed by atoms with Gasteiger partial charge in [-0.25, -0.2) is 4.98 Å². The van der Waals surface area contributed by atoms with Crippen molar-refractivity contribution in [2.45, 2.75) is 122 Å². The number of rotatable bonds is 8. The number of hydroxylamine groups is 1. The summed E-state index contributed by atoms with van der Waals surface area (Å²) in [6.45, 7) is 11.6.